The lowest BCUT2D eigenvalue weighted by Gasteiger charge is -2.59. The van der Waals surface area contributed by atoms with Crippen LogP contribution in [0, 0.1) is 34.5 Å². The van der Waals surface area contributed by atoms with Gasteiger partial charge in [-0.1, -0.05) is 19.4 Å². The molecule has 43 heavy (non-hydrogen) atoms. The molecule has 4 aliphatic rings. The van der Waals surface area contributed by atoms with Crippen molar-refractivity contribution < 1.29 is 32.6 Å². The van der Waals surface area contributed by atoms with Crippen molar-refractivity contribution in [2.75, 3.05) is 6.01 Å². The minimum atomic E-state index is -0.872. The van der Waals surface area contributed by atoms with Gasteiger partial charge in [0.25, 0.3) is 0 Å². The summed E-state index contributed by atoms with van der Waals surface area (Å²) in [5.41, 5.74) is 2.54. The molecular weight excluding hydrogens is 578 g/mol. The molecule has 7 atom stereocenters. The zero-order valence-electron chi connectivity index (χ0n) is 23.8. The van der Waals surface area contributed by atoms with Gasteiger partial charge in [0.1, 0.15) is 24.1 Å². The molecule has 3 fully saturated rings. The number of halogens is 2. The van der Waals surface area contributed by atoms with Gasteiger partial charge in [-0.15, -0.1) is 0 Å². The summed E-state index contributed by atoms with van der Waals surface area (Å²) in [7, 11) is 0. The molecule has 0 radical (unpaired) electrons. The molecule has 7 rings (SSSR count). The number of allylic oxidation sites excluding steroid dienone is 1. The number of hydrogen-bond donors (Lipinski definition) is 1. The Labute approximate surface area is 251 Å². The Balaban J connectivity index is 1.23. The molecule has 3 aromatic heterocycles. The second-order valence-corrected chi connectivity index (χ2v) is 13.6. The molecule has 9 nitrogen and oxygen atoms in total. The third kappa shape index (κ3) is 4.39. The van der Waals surface area contributed by atoms with E-state index in [1.165, 1.54) is 30.5 Å². The van der Waals surface area contributed by atoms with Crippen molar-refractivity contribution in [2.45, 2.75) is 64.6 Å². The number of carbonyl (C=O) groups excluding carboxylic acids is 2. The van der Waals surface area contributed by atoms with Crippen molar-refractivity contribution in [2.24, 2.45) is 28.6 Å². The molecule has 12 heteroatoms. The van der Waals surface area contributed by atoms with Crippen LogP contribution in [0.1, 0.15) is 78.2 Å². The van der Waals surface area contributed by atoms with Gasteiger partial charge in [-0.3, -0.25) is 4.79 Å². The van der Waals surface area contributed by atoms with Crippen molar-refractivity contribution in [1.29, 1.82) is 0 Å². The smallest absolute Gasteiger partial charge is 0.360 e. The lowest BCUT2D eigenvalue weighted by Crippen LogP contribution is -2.57. The number of oxazole rings is 1. The van der Waals surface area contributed by atoms with Gasteiger partial charge in [0.05, 0.1) is 23.7 Å². The zero-order valence-corrected chi connectivity index (χ0v) is 24.7. The van der Waals surface area contributed by atoms with Crippen molar-refractivity contribution in [1.82, 2.24) is 19.7 Å². The minimum Gasteiger partial charge on any atom is -0.457 e. The van der Waals surface area contributed by atoms with Crippen molar-refractivity contribution >= 4 is 28.9 Å². The predicted octanol–water partition coefficient (Wildman–Crippen LogP) is 5.57. The van der Waals surface area contributed by atoms with Crippen LogP contribution in [0.2, 0.25) is 0 Å². The highest BCUT2D eigenvalue weighted by atomic mass is 32.2. The van der Waals surface area contributed by atoms with E-state index in [0.29, 0.717) is 48.0 Å². The SMILES string of the molecule is C[C@]12C[C@H](O)[C@H]3[C@@H](CCC4=Cc5c(c(C(=O)SCF)nn5-c5ccc(F)nc5)C[C@@]43C)[C@@H]1CC[C@H]2OC(=O)c1cocn1. The van der Waals surface area contributed by atoms with E-state index < -0.39 is 40.0 Å². The van der Waals surface area contributed by atoms with Gasteiger partial charge in [0.15, 0.2) is 12.1 Å². The lowest BCUT2D eigenvalue weighted by atomic mass is 9.46. The summed E-state index contributed by atoms with van der Waals surface area (Å²) in [4.78, 5) is 33.5. The normalized spacial score (nSPS) is 32.7. The fraction of sp³-hybridized carbons (Fsp3) is 0.516. The topological polar surface area (TPSA) is 120 Å². The summed E-state index contributed by atoms with van der Waals surface area (Å²) in [6.45, 7) is 4.29. The molecule has 1 N–H and O–H groups in total. The molecule has 0 bridgehead atoms. The van der Waals surface area contributed by atoms with Gasteiger partial charge in [0.2, 0.25) is 11.1 Å². The summed E-state index contributed by atoms with van der Waals surface area (Å²) in [6.07, 6.45) is 9.09. The van der Waals surface area contributed by atoms with E-state index in [2.05, 4.69) is 35.0 Å². The monoisotopic (exact) mass is 610 g/mol. The number of aliphatic hydroxyl groups is 1. The maximum atomic E-state index is 13.6. The summed E-state index contributed by atoms with van der Waals surface area (Å²) >= 11 is 0.557. The first kappa shape index (κ1) is 28.4. The molecule has 226 valence electrons. The van der Waals surface area contributed by atoms with E-state index in [0.717, 1.165) is 19.3 Å². The molecule has 3 saturated carbocycles. The average Bonchev–Trinajstić information content (AvgIpc) is 3.70. The van der Waals surface area contributed by atoms with E-state index in [1.807, 2.05) is 0 Å². The highest BCUT2D eigenvalue weighted by molar-refractivity contribution is 8.14. The van der Waals surface area contributed by atoms with Crippen LogP contribution in [-0.2, 0) is 11.2 Å². The first-order valence-electron chi connectivity index (χ1n) is 14.6. The summed E-state index contributed by atoms with van der Waals surface area (Å²) in [5, 5.41) is 16.0. The maximum absolute atomic E-state index is 13.6. The quantitative estimate of drug-likeness (QED) is 0.292. The standard InChI is InChI=1S/C31H32F2N4O5S/c1-30-10-19-22(37(17-4-8-25(33)34-12-17)36-27(19)29(40)43-14-32)9-16(30)3-5-18-20-6-7-24(31(20,2)11-23(38)26(18)30)42-28(39)21-13-41-15-35-21/h4,8-9,12-13,15,18,20,23-24,26,38H,3,5-7,10-11,14H2,1-2H3/t18-,20-,23-,24+,26+,30-,31-/m0/s1. The average molecular weight is 611 g/mol. The summed E-state index contributed by atoms with van der Waals surface area (Å²) in [5.74, 6) is -0.805. The molecular formula is C31H32F2N4O5S. The van der Waals surface area contributed by atoms with Gasteiger partial charge in [-0.2, -0.15) is 9.49 Å². The summed E-state index contributed by atoms with van der Waals surface area (Å²) < 4.78 is 39.4. The Morgan fingerprint density at radius 1 is 1.23 bits per heavy atom. The number of aromatic nitrogens is 4. The van der Waals surface area contributed by atoms with Crippen molar-refractivity contribution in [3.8, 4) is 5.69 Å². The number of hydrogen-bond acceptors (Lipinski definition) is 9. The Morgan fingerprint density at radius 3 is 2.79 bits per heavy atom. The van der Waals surface area contributed by atoms with Gasteiger partial charge < -0.3 is 14.3 Å². The number of pyridine rings is 1. The molecule has 3 heterocycles. The van der Waals surface area contributed by atoms with E-state index in [-0.39, 0.29) is 35.2 Å². The number of fused-ring (bicyclic) bond motifs is 6. The van der Waals surface area contributed by atoms with E-state index in [9.17, 15) is 23.5 Å². The van der Waals surface area contributed by atoms with Gasteiger partial charge in [0, 0.05) is 11.0 Å². The van der Waals surface area contributed by atoms with E-state index in [4.69, 9.17) is 9.15 Å². The van der Waals surface area contributed by atoms with Crippen LogP contribution in [0.3, 0.4) is 0 Å². The van der Waals surface area contributed by atoms with Crippen LogP contribution < -0.4 is 0 Å². The maximum Gasteiger partial charge on any atom is 0.360 e. The molecule has 0 unspecified atom stereocenters. The fourth-order valence-electron chi connectivity index (χ4n) is 8.88. The second-order valence-electron chi connectivity index (χ2n) is 12.7. The highest BCUT2D eigenvalue weighted by Crippen LogP contribution is 2.66. The van der Waals surface area contributed by atoms with Crippen LogP contribution >= 0.6 is 11.8 Å². The van der Waals surface area contributed by atoms with E-state index in [1.54, 1.807) is 10.7 Å². The molecule has 0 aliphatic heterocycles. The Hall–Kier alpha value is -3.38. The molecule has 4 aliphatic carbocycles. The van der Waals surface area contributed by atoms with E-state index >= 15 is 0 Å². The molecule has 0 aromatic carbocycles. The van der Waals surface area contributed by atoms with Crippen LogP contribution in [-0.4, -0.2) is 54.2 Å². The fourth-order valence-corrected chi connectivity index (χ4v) is 9.28. The Bertz CT molecular complexity index is 1610. The van der Waals surface area contributed by atoms with Crippen LogP contribution in [0.4, 0.5) is 8.78 Å². The third-order valence-corrected chi connectivity index (χ3v) is 11.2. The number of aliphatic hydroxyl groups excluding tert-OH is 1. The minimum absolute atomic E-state index is 0.0867. The second kappa shape index (κ2) is 10.4. The zero-order chi connectivity index (χ0) is 30.1. The number of nitrogens with zero attached hydrogens (tertiary/aromatic N) is 4. The number of alkyl halides is 1. The van der Waals surface area contributed by atoms with Crippen LogP contribution in [0.15, 0.2) is 41.0 Å². The number of rotatable bonds is 5. The molecule has 3 aromatic rings. The highest BCUT2D eigenvalue weighted by Gasteiger charge is 2.63. The number of carbonyl (C=O) groups is 2. The molecule has 0 saturated heterocycles. The molecule has 0 spiro atoms. The Morgan fingerprint density at radius 2 is 2.07 bits per heavy atom. The van der Waals surface area contributed by atoms with Gasteiger partial charge >= 0.3 is 5.97 Å². The third-order valence-electron chi connectivity index (χ3n) is 10.7. The Kier molecular flexibility index (Phi) is 6.84. The summed E-state index contributed by atoms with van der Waals surface area (Å²) in [6, 6.07) is 1.91. The van der Waals surface area contributed by atoms with Crippen LogP contribution in [0.5, 0.6) is 0 Å². The molecule has 0 amide bonds. The van der Waals surface area contributed by atoms with Crippen molar-refractivity contribution in [3.05, 3.63) is 65.2 Å². The number of thioether (sulfide) groups is 1. The largest absolute Gasteiger partial charge is 0.457 e. The van der Waals surface area contributed by atoms with Crippen molar-refractivity contribution in [3.63, 3.8) is 0 Å². The number of esters is 1. The van der Waals surface area contributed by atoms with Gasteiger partial charge in [-0.25, -0.2) is 23.8 Å². The predicted molar refractivity (Wildman–Crippen MR) is 152 cm³/mol. The first-order chi connectivity index (χ1) is 20.6. The van der Waals surface area contributed by atoms with Gasteiger partial charge in [-0.05, 0) is 91.7 Å². The lowest BCUT2D eigenvalue weighted by molar-refractivity contribution is -0.138. The van der Waals surface area contributed by atoms with Crippen LogP contribution in [0.25, 0.3) is 11.8 Å². The first-order valence-corrected chi connectivity index (χ1v) is 15.6. The number of ether oxygens (including phenoxy) is 1.